The van der Waals surface area contributed by atoms with Crippen LogP contribution in [0.2, 0.25) is 0 Å². The molecule has 0 spiro atoms. The molecule has 0 aliphatic carbocycles. The molecule has 0 saturated heterocycles. The number of nitrogens with zero attached hydrogens (tertiary/aromatic N) is 3. The fraction of sp³-hybridized carbons (Fsp3) is 0.333. The van der Waals surface area contributed by atoms with E-state index in [1.165, 1.54) is 18.0 Å². The lowest BCUT2D eigenvalue weighted by molar-refractivity contribution is -0.174. The van der Waals surface area contributed by atoms with Gasteiger partial charge < -0.3 is 14.6 Å². The summed E-state index contributed by atoms with van der Waals surface area (Å²) in [4.78, 5) is 14.9. The SMILES string of the molecule is O=C(c1cnn2c1N[C@@H](c1ccco1)C[C@@H]2C(F)(F)F)N1CCc2ccccc2C1. The van der Waals surface area contributed by atoms with Crippen molar-refractivity contribution in [2.24, 2.45) is 0 Å². The zero-order valence-electron chi connectivity index (χ0n) is 15.9. The van der Waals surface area contributed by atoms with Gasteiger partial charge in [0, 0.05) is 19.5 Å². The van der Waals surface area contributed by atoms with Gasteiger partial charge in [0.2, 0.25) is 0 Å². The number of hydrogen-bond donors (Lipinski definition) is 1. The number of amides is 1. The highest BCUT2D eigenvalue weighted by molar-refractivity contribution is 5.99. The van der Waals surface area contributed by atoms with Crippen LogP contribution in [0.15, 0.2) is 53.3 Å². The minimum absolute atomic E-state index is 0.0776. The molecule has 0 radical (unpaired) electrons. The van der Waals surface area contributed by atoms with Gasteiger partial charge in [-0.05, 0) is 29.7 Å². The standard InChI is InChI=1S/C21H19F3N4O2/c22-21(23,24)18-10-16(17-6-3-9-30-17)26-19-15(11-25-28(18)19)20(29)27-8-7-13-4-1-2-5-14(13)12-27/h1-6,9,11,16,18,26H,7-8,10,12H2/t16-,18-/m1/s1. The maximum atomic E-state index is 13.8. The van der Waals surface area contributed by atoms with E-state index in [0.717, 1.165) is 10.2 Å². The van der Waals surface area contributed by atoms with E-state index < -0.39 is 18.3 Å². The van der Waals surface area contributed by atoms with Gasteiger partial charge in [-0.3, -0.25) is 4.79 Å². The maximum absolute atomic E-state index is 13.8. The summed E-state index contributed by atoms with van der Waals surface area (Å²) in [7, 11) is 0. The average Bonchev–Trinajstić information content (AvgIpc) is 3.41. The van der Waals surface area contributed by atoms with Crippen LogP contribution >= 0.6 is 0 Å². The van der Waals surface area contributed by atoms with Crippen LogP contribution in [-0.2, 0) is 13.0 Å². The number of carbonyl (C=O) groups is 1. The third-order valence-electron chi connectivity index (χ3n) is 5.77. The monoisotopic (exact) mass is 416 g/mol. The predicted molar refractivity (Wildman–Crippen MR) is 102 cm³/mol. The number of fused-ring (bicyclic) bond motifs is 2. The molecule has 3 aromatic rings. The van der Waals surface area contributed by atoms with Crippen molar-refractivity contribution in [3.8, 4) is 0 Å². The van der Waals surface area contributed by atoms with Gasteiger partial charge >= 0.3 is 6.18 Å². The van der Waals surface area contributed by atoms with Gasteiger partial charge in [0.15, 0.2) is 6.04 Å². The minimum atomic E-state index is -4.50. The summed E-state index contributed by atoms with van der Waals surface area (Å²) in [5.41, 5.74) is 2.37. The Kier molecular flexibility index (Phi) is 4.34. The fourth-order valence-electron chi connectivity index (χ4n) is 4.23. The first-order chi connectivity index (χ1) is 14.4. The Hall–Kier alpha value is -3.23. The number of anilines is 1. The van der Waals surface area contributed by atoms with Crippen LogP contribution in [-0.4, -0.2) is 33.3 Å². The molecule has 2 aromatic heterocycles. The Morgan fingerprint density at radius 3 is 2.70 bits per heavy atom. The maximum Gasteiger partial charge on any atom is 0.410 e. The van der Waals surface area contributed by atoms with E-state index in [2.05, 4.69) is 10.4 Å². The summed E-state index contributed by atoms with van der Waals surface area (Å²) in [5.74, 6) is 0.134. The zero-order valence-corrected chi connectivity index (χ0v) is 15.9. The van der Waals surface area contributed by atoms with Crippen molar-refractivity contribution in [1.82, 2.24) is 14.7 Å². The first-order valence-electron chi connectivity index (χ1n) is 9.72. The fourth-order valence-corrected chi connectivity index (χ4v) is 4.23. The summed E-state index contributed by atoms with van der Waals surface area (Å²) < 4.78 is 47.5. The van der Waals surface area contributed by atoms with Crippen LogP contribution in [0.1, 0.15) is 45.7 Å². The molecule has 0 fully saturated rings. The summed E-state index contributed by atoms with van der Waals surface area (Å²) in [6.07, 6.45) is -1.41. The Labute approximate surface area is 170 Å². The summed E-state index contributed by atoms with van der Waals surface area (Å²) in [6.45, 7) is 0.925. The second kappa shape index (κ2) is 6.93. The number of alkyl halides is 3. The molecule has 30 heavy (non-hydrogen) atoms. The molecule has 2 atom stereocenters. The van der Waals surface area contributed by atoms with Crippen LogP contribution in [0.5, 0.6) is 0 Å². The van der Waals surface area contributed by atoms with Crippen molar-refractivity contribution >= 4 is 11.7 Å². The summed E-state index contributed by atoms with van der Waals surface area (Å²) >= 11 is 0. The second-order valence-corrected chi connectivity index (χ2v) is 7.60. The largest absolute Gasteiger partial charge is 0.467 e. The topological polar surface area (TPSA) is 63.3 Å². The lowest BCUT2D eigenvalue weighted by atomic mass is 9.99. The third-order valence-corrected chi connectivity index (χ3v) is 5.77. The van der Waals surface area contributed by atoms with Gasteiger partial charge in [-0.2, -0.15) is 18.3 Å². The van der Waals surface area contributed by atoms with Gasteiger partial charge in [-0.1, -0.05) is 24.3 Å². The Bertz CT molecular complexity index is 1070. The summed E-state index contributed by atoms with van der Waals surface area (Å²) in [5, 5.41) is 6.99. The number of furan rings is 1. The zero-order chi connectivity index (χ0) is 20.9. The Morgan fingerprint density at radius 1 is 1.17 bits per heavy atom. The normalized spacial score (nSPS) is 21.0. The van der Waals surface area contributed by atoms with E-state index in [1.807, 2.05) is 24.3 Å². The van der Waals surface area contributed by atoms with E-state index in [4.69, 9.17) is 4.42 Å². The molecule has 2 aliphatic rings. The van der Waals surface area contributed by atoms with E-state index in [1.54, 1.807) is 17.0 Å². The highest BCUT2D eigenvalue weighted by atomic mass is 19.4. The van der Waals surface area contributed by atoms with Crippen molar-refractivity contribution in [2.75, 3.05) is 11.9 Å². The van der Waals surface area contributed by atoms with Gasteiger partial charge in [0.1, 0.15) is 17.1 Å². The molecule has 0 bridgehead atoms. The molecule has 9 heteroatoms. The molecular weight excluding hydrogens is 397 g/mol. The van der Waals surface area contributed by atoms with Crippen LogP contribution in [0.25, 0.3) is 0 Å². The van der Waals surface area contributed by atoms with E-state index in [0.29, 0.717) is 25.3 Å². The molecular formula is C21H19F3N4O2. The van der Waals surface area contributed by atoms with Crippen LogP contribution in [0.4, 0.5) is 19.0 Å². The average molecular weight is 416 g/mol. The smallest absolute Gasteiger partial charge is 0.410 e. The summed E-state index contributed by atoms with van der Waals surface area (Å²) in [6, 6.07) is 8.58. The molecule has 0 saturated carbocycles. The molecule has 1 amide bonds. The highest BCUT2D eigenvalue weighted by Gasteiger charge is 2.48. The van der Waals surface area contributed by atoms with E-state index >= 15 is 0 Å². The van der Waals surface area contributed by atoms with Gasteiger partial charge in [0.05, 0.1) is 18.5 Å². The van der Waals surface area contributed by atoms with Crippen molar-refractivity contribution in [3.05, 3.63) is 71.3 Å². The first kappa shape index (κ1) is 18.8. The molecule has 5 rings (SSSR count). The highest BCUT2D eigenvalue weighted by Crippen LogP contribution is 2.44. The lowest BCUT2D eigenvalue weighted by Gasteiger charge is -2.33. The molecule has 1 aromatic carbocycles. The van der Waals surface area contributed by atoms with E-state index in [-0.39, 0.29) is 23.7 Å². The van der Waals surface area contributed by atoms with Gasteiger partial charge in [0.25, 0.3) is 5.91 Å². The molecule has 1 N–H and O–H groups in total. The molecule has 2 aliphatic heterocycles. The van der Waals surface area contributed by atoms with Gasteiger partial charge in [-0.25, -0.2) is 4.68 Å². The number of benzene rings is 1. The third kappa shape index (κ3) is 3.14. The van der Waals surface area contributed by atoms with Crippen LogP contribution < -0.4 is 5.32 Å². The number of hydrogen-bond acceptors (Lipinski definition) is 4. The van der Waals surface area contributed by atoms with Crippen molar-refractivity contribution < 1.29 is 22.4 Å². The number of rotatable bonds is 2. The number of nitrogens with one attached hydrogen (secondary N) is 1. The first-order valence-corrected chi connectivity index (χ1v) is 9.72. The van der Waals surface area contributed by atoms with Crippen molar-refractivity contribution in [3.63, 3.8) is 0 Å². The molecule has 6 nitrogen and oxygen atoms in total. The Morgan fingerprint density at radius 2 is 1.97 bits per heavy atom. The quantitative estimate of drug-likeness (QED) is 0.675. The number of halogens is 3. The van der Waals surface area contributed by atoms with Crippen molar-refractivity contribution in [2.45, 2.75) is 37.6 Å². The van der Waals surface area contributed by atoms with Crippen LogP contribution in [0, 0.1) is 0 Å². The predicted octanol–water partition coefficient (Wildman–Crippen LogP) is 4.33. The lowest BCUT2D eigenvalue weighted by Crippen LogP contribution is -2.38. The van der Waals surface area contributed by atoms with Crippen molar-refractivity contribution in [1.29, 1.82) is 0 Å². The van der Waals surface area contributed by atoms with E-state index in [9.17, 15) is 18.0 Å². The second-order valence-electron chi connectivity index (χ2n) is 7.60. The minimum Gasteiger partial charge on any atom is -0.467 e. The number of aromatic nitrogens is 2. The molecule has 0 unspecified atom stereocenters. The molecule has 156 valence electrons. The number of carbonyl (C=O) groups excluding carboxylic acids is 1. The Balaban J connectivity index is 1.48. The van der Waals surface area contributed by atoms with Gasteiger partial charge in [-0.15, -0.1) is 0 Å². The van der Waals surface area contributed by atoms with Crippen LogP contribution in [0.3, 0.4) is 0 Å². The molecule has 4 heterocycles.